The molecular weight excluding hydrogens is 388 g/mol. The third kappa shape index (κ3) is 4.07. The maximum Gasteiger partial charge on any atom is 0.345 e. The van der Waals surface area contributed by atoms with E-state index in [1.165, 1.54) is 12.1 Å². The molecule has 146 valence electrons. The number of carbonyl (C=O) groups excluding carboxylic acids is 2. The Morgan fingerprint density at radius 2 is 2.04 bits per heavy atom. The molecule has 0 saturated heterocycles. The first-order valence-corrected chi connectivity index (χ1v) is 8.87. The van der Waals surface area contributed by atoms with E-state index < -0.39 is 29.1 Å². The van der Waals surface area contributed by atoms with Crippen molar-refractivity contribution in [1.82, 2.24) is 0 Å². The third-order valence-corrected chi connectivity index (χ3v) is 4.64. The van der Waals surface area contributed by atoms with Gasteiger partial charge in [0, 0.05) is 23.3 Å². The van der Waals surface area contributed by atoms with Crippen molar-refractivity contribution >= 4 is 34.9 Å². The van der Waals surface area contributed by atoms with E-state index in [2.05, 4.69) is 0 Å². The second-order valence-electron chi connectivity index (χ2n) is 6.14. The molecule has 9 heteroatoms. The molecule has 28 heavy (non-hydrogen) atoms. The number of fused-ring (bicyclic) bond motifs is 1. The van der Waals surface area contributed by atoms with Crippen LogP contribution in [0.1, 0.15) is 22.3 Å². The van der Waals surface area contributed by atoms with Gasteiger partial charge in [-0.05, 0) is 48.7 Å². The van der Waals surface area contributed by atoms with Gasteiger partial charge in [-0.3, -0.25) is 14.9 Å². The zero-order chi connectivity index (χ0) is 20.3. The second-order valence-corrected chi connectivity index (χ2v) is 6.57. The van der Waals surface area contributed by atoms with Gasteiger partial charge in [-0.1, -0.05) is 11.6 Å². The molecule has 0 aromatic heterocycles. The minimum atomic E-state index is -0.955. The minimum Gasteiger partial charge on any atom is -0.497 e. The maximum atomic E-state index is 12.6. The quantitative estimate of drug-likeness (QED) is 0.430. The molecule has 0 bridgehead atoms. The normalized spacial score (nSPS) is 12.9. The first-order chi connectivity index (χ1) is 13.4. The number of esters is 1. The number of nitro groups is 1. The fourth-order valence-electron chi connectivity index (χ4n) is 3.07. The molecule has 3 rings (SSSR count). The van der Waals surface area contributed by atoms with Crippen LogP contribution in [0, 0.1) is 10.1 Å². The first kappa shape index (κ1) is 19.6. The number of aryl methyl sites for hydroxylation is 1. The molecule has 0 N–H and O–H groups in total. The lowest BCUT2D eigenvalue weighted by molar-refractivity contribution is -0.385. The Morgan fingerprint density at radius 3 is 2.75 bits per heavy atom. The summed E-state index contributed by atoms with van der Waals surface area (Å²) in [6.45, 7) is -0.0269. The van der Waals surface area contributed by atoms with Gasteiger partial charge in [-0.2, -0.15) is 0 Å². The van der Waals surface area contributed by atoms with Crippen molar-refractivity contribution in [3.8, 4) is 5.75 Å². The van der Waals surface area contributed by atoms with Crippen molar-refractivity contribution < 1.29 is 24.0 Å². The Hall–Kier alpha value is -3.13. The molecule has 1 amide bonds. The van der Waals surface area contributed by atoms with E-state index in [1.807, 2.05) is 6.07 Å². The van der Waals surface area contributed by atoms with Crippen molar-refractivity contribution in [3.63, 3.8) is 0 Å². The molecule has 0 fully saturated rings. The van der Waals surface area contributed by atoms with Crippen LogP contribution < -0.4 is 9.64 Å². The first-order valence-electron chi connectivity index (χ1n) is 8.49. The lowest BCUT2D eigenvalue weighted by Crippen LogP contribution is -2.38. The van der Waals surface area contributed by atoms with Crippen LogP contribution in [-0.2, 0) is 16.0 Å². The van der Waals surface area contributed by atoms with Crippen LogP contribution in [0.4, 0.5) is 11.4 Å². The van der Waals surface area contributed by atoms with E-state index in [9.17, 15) is 19.7 Å². The molecule has 0 spiro atoms. The van der Waals surface area contributed by atoms with Gasteiger partial charge in [-0.25, -0.2) is 4.79 Å². The van der Waals surface area contributed by atoms with Crippen LogP contribution in [0.25, 0.3) is 0 Å². The molecule has 0 aliphatic carbocycles. The standard InChI is InChI=1S/C19H17ClN2O6/c1-27-14-5-7-16-12(9-14)3-2-8-21(16)18(23)11-28-19(24)15-6-4-13(20)10-17(15)22(25)26/h4-7,9-10H,2-3,8,11H2,1H3. The average molecular weight is 405 g/mol. The van der Waals surface area contributed by atoms with Crippen molar-refractivity contribution in [3.05, 3.63) is 62.7 Å². The smallest absolute Gasteiger partial charge is 0.345 e. The monoisotopic (exact) mass is 404 g/mol. The number of anilines is 1. The summed E-state index contributed by atoms with van der Waals surface area (Å²) < 4.78 is 10.2. The molecular formula is C19H17ClN2O6. The van der Waals surface area contributed by atoms with Crippen LogP contribution in [0.15, 0.2) is 36.4 Å². The number of hydrogen-bond acceptors (Lipinski definition) is 6. The van der Waals surface area contributed by atoms with Gasteiger partial charge in [-0.15, -0.1) is 0 Å². The van der Waals surface area contributed by atoms with Crippen molar-refractivity contribution in [2.24, 2.45) is 0 Å². The number of rotatable bonds is 5. The molecule has 1 aliphatic heterocycles. The van der Waals surface area contributed by atoms with E-state index in [0.717, 1.165) is 30.2 Å². The van der Waals surface area contributed by atoms with Gasteiger partial charge in [0.1, 0.15) is 11.3 Å². The fraction of sp³-hybridized carbons (Fsp3) is 0.263. The highest BCUT2D eigenvalue weighted by molar-refractivity contribution is 6.31. The summed E-state index contributed by atoms with van der Waals surface area (Å²) in [5.41, 5.74) is 0.982. The van der Waals surface area contributed by atoms with Gasteiger partial charge in [0.2, 0.25) is 0 Å². The van der Waals surface area contributed by atoms with E-state index in [-0.39, 0.29) is 10.6 Å². The summed E-state index contributed by atoms with van der Waals surface area (Å²) in [5, 5.41) is 11.2. The van der Waals surface area contributed by atoms with Crippen molar-refractivity contribution in [1.29, 1.82) is 0 Å². The van der Waals surface area contributed by atoms with Gasteiger partial charge in [0.25, 0.3) is 11.6 Å². The predicted octanol–water partition coefficient (Wildman–Crippen LogP) is 3.39. The number of hydrogen-bond donors (Lipinski definition) is 0. The summed E-state index contributed by atoms with van der Waals surface area (Å²) in [6.07, 6.45) is 1.58. The zero-order valence-corrected chi connectivity index (χ0v) is 15.8. The number of halogens is 1. The molecule has 1 aliphatic rings. The van der Waals surface area contributed by atoms with Crippen LogP contribution >= 0.6 is 11.6 Å². The van der Waals surface area contributed by atoms with Crippen LogP contribution in [-0.4, -0.2) is 37.1 Å². The Kier molecular flexibility index (Phi) is 5.79. The number of nitrogens with zero attached hydrogens (tertiary/aromatic N) is 2. The fourth-order valence-corrected chi connectivity index (χ4v) is 3.24. The largest absolute Gasteiger partial charge is 0.497 e. The summed E-state index contributed by atoms with van der Waals surface area (Å²) >= 11 is 5.74. The number of ether oxygens (including phenoxy) is 2. The minimum absolute atomic E-state index is 0.125. The van der Waals surface area contributed by atoms with Gasteiger partial charge >= 0.3 is 5.97 Å². The van der Waals surface area contributed by atoms with E-state index in [1.54, 1.807) is 24.1 Å². The van der Waals surface area contributed by atoms with E-state index >= 15 is 0 Å². The molecule has 0 saturated carbocycles. The number of carbonyl (C=O) groups is 2. The van der Waals surface area contributed by atoms with Crippen LogP contribution in [0.5, 0.6) is 5.75 Å². The maximum absolute atomic E-state index is 12.6. The Bertz CT molecular complexity index is 946. The third-order valence-electron chi connectivity index (χ3n) is 4.41. The highest BCUT2D eigenvalue weighted by Gasteiger charge is 2.26. The SMILES string of the molecule is COc1ccc2c(c1)CCCN2C(=O)COC(=O)c1ccc(Cl)cc1[N+](=O)[O-]. The zero-order valence-electron chi connectivity index (χ0n) is 15.0. The summed E-state index contributed by atoms with van der Waals surface area (Å²) in [7, 11) is 1.57. The van der Waals surface area contributed by atoms with Gasteiger partial charge in [0.05, 0.1) is 12.0 Å². The number of methoxy groups -OCH3 is 1. The topological polar surface area (TPSA) is 99.0 Å². The molecule has 2 aromatic rings. The van der Waals surface area contributed by atoms with Crippen molar-refractivity contribution in [2.75, 3.05) is 25.2 Å². The van der Waals surface area contributed by atoms with Gasteiger partial charge in [0.15, 0.2) is 6.61 Å². The molecule has 2 aromatic carbocycles. The Labute approximate surface area is 165 Å². The van der Waals surface area contributed by atoms with Gasteiger partial charge < -0.3 is 14.4 Å². The highest BCUT2D eigenvalue weighted by Crippen LogP contribution is 2.30. The van der Waals surface area contributed by atoms with Crippen LogP contribution in [0.2, 0.25) is 5.02 Å². The lowest BCUT2D eigenvalue weighted by atomic mass is 10.0. The second kappa shape index (κ2) is 8.26. The summed E-state index contributed by atoms with van der Waals surface area (Å²) in [5.74, 6) is -0.658. The number of amides is 1. The molecule has 0 unspecified atom stereocenters. The van der Waals surface area contributed by atoms with E-state index in [0.29, 0.717) is 12.3 Å². The Balaban J connectivity index is 1.72. The summed E-state index contributed by atoms with van der Waals surface area (Å²) in [6, 6.07) is 9.04. The Morgan fingerprint density at radius 1 is 1.25 bits per heavy atom. The molecule has 0 radical (unpaired) electrons. The number of benzene rings is 2. The average Bonchev–Trinajstić information content (AvgIpc) is 2.70. The highest BCUT2D eigenvalue weighted by atomic mass is 35.5. The van der Waals surface area contributed by atoms with Crippen molar-refractivity contribution in [2.45, 2.75) is 12.8 Å². The van der Waals surface area contributed by atoms with E-state index in [4.69, 9.17) is 21.1 Å². The molecule has 1 heterocycles. The predicted molar refractivity (Wildman–Crippen MR) is 102 cm³/mol. The molecule has 8 nitrogen and oxygen atoms in total. The molecule has 0 atom stereocenters. The number of nitro benzene ring substituents is 1. The lowest BCUT2D eigenvalue weighted by Gasteiger charge is -2.29. The van der Waals surface area contributed by atoms with Crippen LogP contribution in [0.3, 0.4) is 0 Å². The summed E-state index contributed by atoms with van der Waals surface area (Å²) in [4.78, 5) is 36.8.